The van der Waals surface area contributed by atoms with Crippen molar-refractivity contribution < 1.29 is 36.7 Å². The number of hydrogen-bond acceptors (Lipinski definition) is 8. The highest BCUT2D eigenvalue weighted by Crippen LogP contribution is 2.30. The summed E-state index contributed by atoms with van der Waals surface area (Å²) in [6.07, 6.45) is 3.40. The molecule has 1 atom stereocenters. The monoisotopic (exact) mass is 489 g/mol. The van der Waals surface area contributed by atoms with E-state index in [1.807, 2.05) is 0 Å². The number of halogens is 2. The molecule has 10 nitrogen and oxygen atoms in total. The molecule has 176 valence electrons. The molecule has 0 fully saturated rings. The minimum Gasteiger partial charge on any atom is -0.756 e. The molecule has 0 spiro atoms. The van der Waals surface area contributed by atoms with Crippen molar-refractivity contribution in [1.29, 1.82) is 0 Å². The molecule has 0 saturated carbocycles. The molecule has 3 heterocycles. The number of aromatic nitrogens is 3. The smallest absolute Gasteiger partial charge is 0.285 e. The van der Waals surface area contributed by atoms with Gasteiger partial charge in [0.25, 0.3) is 13.6 Å². The Balaban J connectivity index is 1.45. The lowest BCUT2D eigenvalue weighted by Crippen LogP contribution is -2.38. The number of nitrogens with one attached hydrogen (secondary N) is 1. The fourth-order valence-corrected chi connectivity index (χ4v) is 3.36. The van der Waals surface area contributed by atoms with Crippen LogP contribution in [-0.2, 0) is 22.2 Å². The second kappa shape index (κ2) is 9.65. The van der Waals surface area contributed by atoms with Gasteiger partial charge in [-0.1, -0.05) is 17.3 Å². The predicted octanol–water partition coefficient (Wildman–Crippen LogP) is 2.65. The van der Waals surface area contributed by atoms with E-state index in [-0.39, 0.29) is 11.5 Å². The molecule has 4 aromatic rings. The molecule has 0 saturated heterocycles. The quantitative estimate of drug-likeness (QED) is 0.251. The first kappa shape index (κ1) is 23.5. The van der Waals surface area contributed by atoms with Crippen LogP contribution in [0.15, 0.2) is 65.4 Å². The van der Waals surface area contributed by atoms with Gasteiger partial charge in [0.1, 0.15) is 11.4 Å². The normalized spacial score (nSPS) is 12.9. The Bertz CT molecular complexity index is 1360. The standard InChI is InChI=1S/C21H18F2N5O5P/c22-16-4-1-5-17(20(16)23)26-19-7-6-13(11-25-19)9-14-10-18(33-27-14)15-3-2-8-28(21(15)24)12-32-34(29,30)31/h1-8,10-11,24H,9,12H2,(H3,25,26,29,30,31). The summed E-state index contributed by atoms with van der Waals surface area (Å²) in [5, 5.41) is 6.74. The number of phosphoric acid groups is 1. The van der Waals surface area contributed by atoms with E-state index >= 15 is 0 Å². The molecule has 0 aliphatic carbocycles. The second-order valence-electron chi connectivity index (χ2n) is 7.14. The summed E-state index contributed by atoms with van der Waals surface area (Å²) in [7, 11) is -4.91. The van der Waals surface area contributed by atoms with Crippen molar-refractivity contribution in [3.63, 3.8) is 0 Å². The number of anilines is 3. The van der Waals surface area contributed by atoms with Gasteiger partial charge in [0, 0.05) is 18.7 Å². The lowest BCUT2D eigenvalue weighted by Gasteiger charge is -2.14. The van der Waals surface area contributed by atoms with Gasteiger partial charge in [-0.15, -0.1) is 0 Å². The molecular weight excluding hydrogens is 471 g/mol. The summed E-state index contributed by atoms with van der Waals surface area (Å²) in [5.41, 5.74) is 7.83. The largest absolute Gasteiger partial charge is 0.756 e. The maximum atomic E-state index is 13.8. The minimum absolute atomic E-state index is 0.0264. The van der Waals surface area contributed by atoms with Gasteiger partial charge in [-0.05, 0) is 35.9 Å². The fourth-order valence-electron chi connectivity index (χ4n) is 3.09. The Kier molecular flexibility index (Phi) is 6.66. The van der Waals surface area contributed by atoms with Gasteiger partial charge in [0.2, 0.25) is 0 Å². The van der Waals surface area contributed by atoms with Crippen LogP contribution in [0.2, 0.25) is 0 Å². The first-order valence-corrected chi connectivity index (χ1v) is 11.3. The zero-order chi connectivity index (χ0) is 24.3. The summed E-state index contributed by atoms with van der Waals surface area (Å²) < 4.78 is 49.0. The third kappa shape index (κ3) is 5.61. The van der Waals surface area contributed by atoms with Crippen molar-refractivity contribution in [2.45, 2.75) is 13.2 Å². The molecule has 0 bridgehead atoms. The molecule has 1 aromatic carbocycles. The third-order valence-corrected chi connectivity index (χ3v) is 5.16. The van der Waals surface area contributed by atoms with E-state index in [1.54, 1.807) is 36.5 Å². The van der Waals surface area contributed by atoms with Crippen LogP contribution in [0.5, 0.6) is 0 Å². The van der Waals surface area contributed by atoms with Gasteiger partial charge >= 0.3 is 0 Å². The maximum Gasteiger partial charge on any atom is 0.285 e. The Labute approximate surface area is 191 Å². The van der Waals surface area contributed by atoms with E-state index in [0.29, 0.717) is 29.3 Å². The average molecular weight is 489 g/mol. The van der Waals surface area contributed by atoms with E-state index in [9.17, 15) is 18.2 Å². The first-order chi connectivity index (χ1) is 16.2. The molecule has 0 amide bonds. The molecule has 0 aliphatic heterocycles. The van der Waals surface area contributed by atoms with Crippen molar-refractivity contribution in [2.24, 2.45) is 0 Å². The highest BCUT2D eigenvalue weighted by Gasteiger charge is 2.18. The maximum absolute atomic E-state index is 13.8. The van der Waals surface area contributed by atoms with Crippen molar-refractivity contribution in [1.82, 2.24) is 10.1 Å². The molecule has 3 aromatic heterocycles. The van der Waals surface area contributed by atoms with Crippen LogP contribution in [0.4, 0.5) is 26.1 Å². The lowest BCUT2D eigenvalue weighted by molar-refractivity contribution is -0.712. The van der Waals surface area contributed by atoms with Gasteiger partial charge < -0.3 is 19.6 Å². The van der Waals surface area contributed by atoms with Crippen molar-refractivity contribution >= 4 is 25.1 Å². The Morgan fingerprint density at radius 2 is 2.06 bits per heavy atom. The minimum atomic E-state index is -4.91. The van der Waals surface area contributed by atoms with Gasteiger partial charge in [-0.25, -0.2) is 18.3 Å². The topological polar surface area (TPSA) is 150 Å². The van der Waals surface area contributed by atoms with E-state index in [1.165, 1.54) is 22.9 Å². The molecule has 0 aliphatic rings. The van der Waals surface area contributed by atoms with E-state index in [0.717, 1.165) is 11.6 Å². The molecule has 13 heteroatoms. The molecule has 4 rings (SSSR count). The Morgan fingerprint density at radius 1 is 1.24 bits per heavy atom. The van der Waals surface area contributed by atoms with Crippen molar-refractivity contribution in [3.8, 4) is 11.3 Å². The number of nitrogens with two attached hydrogens (primary N) is 1. The molecule has 1 unspecified atom stereocenters. The highest BCUT2D eigenvalue weighted by molar-refractivity contribution is 7.44. The zero-order valence-electron chi connectivity index (χ0n) is 17.4. The van der Waals surface area contributed by atoms with E-state index in [2.05, 4.69) is 20.0 Å². The number of nitrogen functional groups attached to an aromatic ring is 1. The summed E-state index contributed by atoms with van der Waals surface area (Å²) in [6.45, 7) is -0.510. The Morgan fingerprint density at radius 3 is 2.79 bits per heavy atom. The third-order valence-electron chi connectivity index (χ3n) is 4.72. The Hall–Kier alpha value is -3.70. The van der Waals surface area contributed by atoms with Crippen LogP contribution in [0, 0.1) is 11.6 Å². The summed E-state index contributed by atoms with van der Waals surface area (Å²) in [5.74, 6) is -1.14. The summed E-state index contributed by atoms with van der Waals surface area (Å²) in [4.78, 5) is 23.8. The fraction of sp³-hybridized carbons (Fsp3) is 0.0952. The lowest BCUT2D eigenvalue weighted by atomic mass is 10.1. The predicted molar refractivity (Wildman–Crippen MR) is 114 cm³/mol. The van der Waals surface area contributed by atoms with E-state index in [4.69, 9.17) is 15.2 Å². The second-order valence-corrected chi connectivity index (χ2v) is 8.34. The average Bonchev–Trinajstić information content (AvgIpc) is 3.25. The van der Waals surface area contributed by atoms with Crippen LogP contribution in [0.3, 0.4) is 0 Å². The SMILES string of the molecule is Nc1c(-c2cc(Cc3ccc(Nc4cccc(F)c4F)nc3)no2)ccc[n+]1COP(=O)([O-])O. The van der Waals surface area contributed by atoms with Crippen molar-refractivity contribution in [3.05, 3.63) is 83.8 Å². The van der Waals surface area contributed by atoms with Gasteiger partial charge in [-0.2, -0.15) is 0 Å². The van der Waals surface area contributed by atoms with Crippen molar-refractivity contribution in [2.75, 3.05) is 11.1 Å². The molecular formula is C21H18F2N5O5P. The molecule has 0 radical (unpaired) electrons. The van der Waals surface area contributed by atoms with Crippen LogP contribution in [0.1, 0.15) is 11.3 Å². The van der Waals surface area contributed by atoms with Crippen LogP contribution >= 0.6 is 7.82 Å². The number of nitrogens with zero attached hydrogens (tertiary/aromatic N) is 3. The number of pyridine rings is 2. The van der Waals surface area contributed by atoms with Crippen LogP contribution in [0.25, 0.3) is 11.3 Å². The highest BCUT2D eigenvalue weighted by atomic mass is 31.2. The molecule has 4 N–H and O–H groups in total. The van der Waals surface area contributed by atoms with E-state index < -0.39 is 26.2 Å². The first-order valence-electron chi connectivity index (χ1n) is 9.78. The van der Waals surface area contributed by atoms with Gasteiger partial charge in [0.05, 0.1) is 17.6 Å². The molecule has 34 heavy (non-hydrogen) atoms. The number of benzene rings is 1. The van der Waals surface area contributed by atoms with Crippen LogP contribution in [-0.4, -0.2) is 15.0 Å². The zero-order valence-corrected chi connectivity index (χ0v) is 18.3. The number of hydrogen-bond donors (Lipinski definition) is 3. The van der Waals surface area contributed by atoms with Crippen LogP contribution < -0.4 is 20.5 Å². The van der Waals surface area contributed by atoms with Gasteiger partial charge in [-0.3, -0.25) is 14.8 Å². The number of rotatable bonds is 8. The number of phosphoric ester groups is 1. The summed E-state index contributed by atoms with van der Waals surface area (Å²) in [6, 6.07) is 12.1. The van der Waals surface area contributed by atoms with Gasteiger partial charge in [0.15, 0.2) is 24.1 Å². The summed E-state index contributed by atoms with van der Waals surface area (Å²) >= 11 is 0.